The average molecular weight is 386 g/mol. The first kappa shape index (κ1) is 17.9. The molecule has 0 atom stereocenters. The first-order valence-electron chi connectivity index (χ1n) is 9.16. The van der Waals surface area contributed by atoms with Gasteiger partial charge in [-0.25, -0.2) is 13.4 Å². The normalized spacial score (nSPS) is 17.6. The Bertz CT molecular complexity index is 916. The van der Waals surface area contributed by atoms with Crippen LogP contribution in [0.25, 0.3) is 0 Å². The average Bonchev–Trinajstić information content (AvgIpc) is 3.31. The van der Waals surface area contributed by atoms with Crippen molar-refractivity contribution in [1.29, 1.82) is 0 Å². The number of hydrogen-bond acceptors (Lipinski definition) is 5. The van der Waals surface area contributed by atoms with E-state index in [9.17, 15) is 13.2 Å². The van der Waals surface area contributed by atoms with Gasteiger partial charge in [0.1, 0.15) is 5.82 Å². The first-order valence-corrected chi connectivity index (χ1v) is 10.6. The van der Waals surface area contributed by atoms with Crippen LogP contribution < -0.4 is 10.6 Å². The summed E-state index contributed by atoms with van der Waals surface area (Å²) < 4.78 is 26.5. The van der Waals surface area contributed by atoms with E-state index in [-0.39, 0.29) is 10.8 Å². The minimum Gasteiger partial charge on any atom is -0.381 e. The van der Waals surface area contributed by atoms with Crippen molar-refractivity contribution in [1.82, 2.24) is 9.29 Å². The lowest BCUT2D eigenvalue weighted by atomic mass is 10.2. The molecule has 2 fully saturated rings. The van der Waals surface area contributed by atoms with E-state index in [0.717, 1.165) is 18.5 Å². The summed E-state index contributed by atoms with van der Waals surface area (Å²) in [4.78, 5) is 16.8. The quantitative estimate of drug-likeness (QED) is 0.796. The third-order valence-electron chi connectivity index (χ3n) is 4.77. The fourth-order valence-electron chi connectivity index (χ4n) is 3.06. The molecule has 2 heterocycles. The van der Waals surface area contributed by atoms with Gasteiger partial charge in [-0.2, -0.15) is 4.31 Å². The molecule has 8 heteroatoms. The van der Waals surface area contributed by atoms with Crippen molar-refractivity contribution in [3.8, 4) is 0 Å². The topological polar surface area (TPSA) is 91.4 Å². The minimum atomic E-state index is -3.47. The zero-order valence-electron chi connectivity index (χ0n) is 14.9. The molecule has 2 N–H and O–H groups in total. The zero-order valence-corrected chi connectivity index (χ0v) is 15.7. The Morgan fingerprint density at radius 3 is 2.33 bits per heavy atom. The number of pyridine rings is 1. The Balaban J connectivity index is 1.41. The standard InChI is InChI=1S/C19H22N4O3S/c24-19(22-18-10-7-16(13-20-18)21-15-5-6-15)14-3-8-17(9-4-14)27(25,26)23-11-1-2-12-23/h3-4,7-10,13,15,21H,1-2,5-6,11-12H2,(H,20,22,24). The maximum Gasteiger partial charge on any atom is 0.256 e. The highest BCUT2D eigenvalue weighted by Gasteiger charge is 2.27. The molecule has 0 spiro atoms. The first-order chi connectivity index (χ1) is 13.0. The van der Waals surface area contributed by atoms with E-state index in [4.69, 9.17) is 0 Å². The SMILES string of the molecule is O=C(Nc1ccc(NC2CC2)cn1)c1ccc(S(=O)(=O)N2CCCC2)cc1. The fourth-order valence-corrected chi connectivity index (χ4v) is 4.58. The van der Waals surface area contributed by atoms with Gasteiger partial charge in [-0.05, 0) is 62.1 Å². The fraction of sp³-hybridized carbons (Fsp3) is 0.368. The summed E-state index contributed by atoms with van der Waals surface area (Å²) in [6.45, 7) is 1.11. The molecule has 1 aliphatic carbocycles. The van der Waals surface area contributed by atoms with Crippen molar-refractivity contribution in [2.24, 2.45) is 0 Å². The number of nitrogens with zero attached hydrogens (tertiary/aromatic N) is 2. The van der Waals surface area contributed by atoms with E-state index in [1.807, 2.05) is 6.07 Å². The monoisotopic (exact) mass is 386 g/mol. The van der Waals surface area contributed by atoms with Crippen LogP contribution in [0, 0.1) is 0 Å². The van der Waals surface area contributed by atoms with Crippen LogP contribution >= 0.6 is 0 Å². The van der Waals surface area contributed by atoms with Gasteiger partial charge in [0, 0.05) is 24.7 Å². The highest BCUT2D eigenvalue weighted by molar-refractivity contribution is 7.89. The number of benzene rings is 1. The van der Waals surface area contributed by atoms with Crippen LogP contribution in [-0.4, -0.2) is 42.7 Å². The van der Waals surface area contributed by atoms with Crippen LogP contribution in [0.3, 0.4) is 0 Å². The Hall–Kier alpha value is -2.45. The predicted octanol–water partition coefficient (Wildman–Crippen LogP) is 2.69. The number of sulfonamides is 1. The molecule has 0 unspecified atom stereocenters. The van der Waals surface area contributed by atoms with Crippen LogP contribution in [0.1, 0.15) is 36.0 Å². The maximum atomic E-state index is 12.5. The van der Waals surface area contributed by atoms with Crippen LogP contribution in [-0.2, 0) is 10.0 Å². The Morgan fingerprint density at radius 2 is 1.74 bits per heavy atom. The number of hydrogen-bond donors (Lipinski definition) is 2. The number of anilines is 2. The number of carbonyl (C=O) groups is 1. The molecule has 27 heavy (non-hydrogen) atoms. The highest BCUT2D eigenvalue weighted by atomic mass is 32.2. The molecule has 2 aliphatic rings. The van der Waals surface area contributed by atoms with Gasteiger partial charge in [0.25, 0.3) is 5.91 Å². The summed E-state index contributed by atoms with van der Waals surface area (Å²) in [5, 5.41) is 6.07. The molecule has 142 valence electrons. The second-order valence-corrected chi connectivity index (χ2v) is 8.88. The molecule has 0 radical (unpaired) electrons. The number of rotatable bonds is 6. The summed E-state index contributed by atoms with van der Waals surface area (Å²) in [5.41, 5.74) is 1.32. The molecule has 7 nitrogen and oxygen atoms in total. The summed E-state index contributed by atoms with van der Waals surface area (Å²) in [7, 11) is -3.47. The van der Waals surface area contributed by atoms with Gasteiger partial charge < -0.3 is 10.6 Å². The van der Waals surface area contributed by atoms with Gasteiger partial charge in [-0.1, -0.05) is 0 Å². The van der Waals surface area contributed by atoms with Crippen molar-refractivity contribution < 1.29 is 13.2 Å². The largest absolute Gasteiger partial charge is 0.381 e. The van der Waals surface area contributed by atoms with Crippen LogP contribution in [0.2, 0.25) is 0 Å². The van der Waals surface area contributed by atoms with E-state index >= 15 is 0 Å². The molecule has 1 aliphatic heterocycles. The summed E-state index contributed by atoms with van der Waals surface area (Å²) >= 11 is 0. The Labute approximate surface area is 158 Å². The predicted molar refractivity (Wildman–Crippen MR) is 103 cm³/mol. The highest BCUT2D eigenvalue weighted by Crippen LogP contribution is 2.25. The van der Waals surface area contributed by atoms with Crippen molar-refractivity contribution in [3.63, 3.8) is 0 Å². The Kier molecular flexibility index (Phi) is 4.84. The van der Waals surface area contributed by atoms with Gasteiger partial charge in [-0.15, -0.1) is 0 Å². The lowest BCUT2D eigenvalue weighted by Crippen LogP contribution is -2.27. The van der Waals surface area contributed by atoms with Gasteiger partial charge in [-0.3, -0.25) is 4.79 Å². The van der Waals surface area contributed by atoms with Crippen LogP contribution in [0.5, 0.6) is 0 Å². The molecule has 1 aromatic carbocycles. The number of aromatic nitrogens is 1. The van der Waals surface area contributed by atoms with Gasteiger partial charge >= 0.3 is 0 Å². The minimum absolute atomic E-state index is 0.217. The van der Waals surface area contributed by atoms with E-state index in [1.165, 1.54) is 41.4 Å². The lowest BCUT2D eigenvalue weighted by molar-refractivity contribution is 0.102. The molecular weight excluding hydrogens is 364 g/mol. The molecule has 1 aromatic heterocycles. The molecule has 1 saturated carbocycles. The van der Waals surface area contributed by atoms with Crippen molar-refractivity contribution in [2.45, 2.75) is 36.6 Å². The number of nitrogens with one attached hydrogen (secondary N) is 2. The third kappa shape index (κ3) is 4.12. The summed E-state index contributed by atoms with van der Waals surface area (Å²) in [6.07, 6.45) is 5.84. The van der Waals surface area contributed by atoms with Crippen molar-refractivity contribution >= 4 is 27.4 Å². The van der Waals surface area contributed by atoms with Crippen LogP contribution in [0.15, 0.2) is 47.5 Å². The molecular formula is C19H22N4O3S. The zero-order chi connectivity index (χ0) is 18.9. The molecule has 1 saturated heterocycles. The summed E-state index contributed by atoms with van der Waals surface area (Å²) in [5.74, 6) is 0.130. The molecule has 0 bridgehead atoms. The van der Waals surface area contributed by atoms with E-state index in [1.54, 1.807) is 12.3 Å². The third-order valence-corrected chi connectivity index (χ3v) is 6.69. The smallest absolute Gasteiger partial charge is 0.256 e. The van der Waals surface area contributed by atoms with E-state index in [0.29, 0.717) is 30.5 Å². The number of carbonyl (C=O) groups excluding carboxylic acids is 1. The summed E-state index contributed by atoms with van der Waals surface area (Å²) in [6, 6.07) is 10.2. The van der Waals surface area contributed by atoms with Gasteiger partial charge in [0.15, 0.2) is 0 Å². The van der Waals surface area contributed by atoms with Crippen LogP contribution in [0.4, 0.5) is 11.5 Å². The lowest BCUT2D eigenvalue weighted by Gasteiger charge is -2.15. The van der Waals surface area contributed by atoms with E-state index in [2.05, 4.69) is 15.6 Å². The van der Waals surface area contributed by atoms with Gasteiger partial charge in [0.05, 0.1) is 16.8 Å². The van der Waals surface area contributed by atoms with Crippen molar-refractivity contribution in [2.75, 3.05) is 23.7 Å². The second-order valence-electron chi connectivity index (χ2n) is 6.94. The maximum absolute atomic E-state index is 12.5. The van der Waals surface area contributed by atoms with Gasteiger partial charge in [0.2, 0.25) is 10.0 Å². The molecule has 2 aromatic rings. The molecule has 4 rings (SSSR count). The molecule has 1 amide bonds. The van der Waals surface area contributed by atoms with Crippen molar-refractivity contribution in [3.05, 3.63) is 48.2 Å². The Morgan fingerprint density at radius 1 is 1.04 bits per heavy atom. The number of amides is 1. The second kappa shape index (κ2) is 7.28. The van der Waals surface area contributed by atoms with E-state index < -0.39 is 10.0 Å².